The molecule has 0 radical (unpaired) electrons. The fourth-order valence-electron chi connectivity index (χ4n) is 5.43. The second-order valence-electron chi connectivity index (χ2n) is 9.93. The summed E-state index contributed by atoms with van der Waals surface area (Å²) in [5, 5.41) is 5.05. The molecule has 0 N–H and O–H groups in total. The molecule has 0 aliphatic rings. The number of nitrogens with zero attached hydrogens (tertiary/aromatic N) is 4. The molecule has 41 heavy (non-hydrogen) atoms. The molecule has 0 bridgehead atoms. The number of benzene rings is 5. The molecule has 0 aliphatic heterocycles. The van der Waals surface area contributed by atoms with Crippen LogP contribution in [0.2, 0.25) is 0 Å². The summed E-state index contributed by atoms with van der Waals surface area (Å²) < 4.78 is 2.52. The van der Waals surface area contributed by atoms with Crippen LogP contribution in [-0.2, 0) is 0 Å². The van der Waals surface area contributed by atoms with Gasteiger partial charge >= 0.3 is 0 Å². The summed E-state index contributed by atoms with van der Waals surface area (Å²) in [5.74, 6) is 1.98. The quantitative estimate of drug-likeness (QED) is 0.222. The van der Waals surface area contributed by atoms with E-state index in [0.717, 1.165) is 22.3 Å². The molecule has 0 saturated carbocycles. The second-order valence-corrected chi connectivity index (χ2v) is 11.0. The summed E-state index contributed by atoms with van der Waals surface area (Å²) in [6.45, 7) is 0. The van der Waals surface area contributed by atoms with Crippen molar-refractivity contribution in [1.82, 2.24) is 19.9 Å². The van der Waals surface area contributed by atoms with Gasteiger partial charge in [0.1, 0.15) is 0 Å². The Morgan fingerprint density at radius 1 is 0.415 bits per heavy atom. The predicted octanol–water partition coefficient (Wildman–Crippen LogP) is 9.46. The minimum absolute atomic E-state index is 0.655. The number of hydrogen-bond donors (Lipinski definition) is 0. The highest BCUT2D eigenvalue weighted by Crippen LogP contribution is 2.40. The van der Waals surface area contributed by atoms with Crippen LogP contribution in [0.5, 0.6) is 0 Å². The Hall–Kier alpha value is -5.26. The Labute approximate surface area is 240 Å². The van der Waals surface area contributed by atoms with Gasteiger partial charge in [0.25, 0.3) is 0 Å². The molecule has 0 spiro atoms. The number of pyridine rings is 1. The molecule has 0 fully saturated rings. The van der Waals surface area contributed by atoms with Crippen LogP contribution in [0.25, 0.3) is 76.2 Å². The minimum atomic E-state index is 0.655. The zero-order chi connectivity index (χ0) is 27.2. The van der Waals surface area contributed by atoms with E-state index < -0.39 is 0 Å². The van der Waals surface area contributed by atoms with E-state index in [1.54, 1.807) is 0 Å². The monoisotopic (exact) mass is 542 g/mol. The van der Waals surface area contributed by atoms with Gasteiger partial charge in [0.2, 0.25) is 0 Å². The summed E-state index contributed by atoms with van der Waals surface area (Å²) in [7, 11) is 0. The topological polar surface area (TPSA) is 51.6 Å². The van der Waals surface area contributed by atoms with Crippen LogP contribution < -0.4 is 0 Å². The van der Waals surface area contributed by atoms with Gasteiger partial charge in [-0.05, 0) is 22.6 Å². The smallest absolute Gasteiger partial charge is 0.164 e. The van der Waals surface area contributed by atoms with E-state index in [4.69, 9.17) is 15.0 Å². The normalized spacial score (nSPS) is 11.4. The van der Waals surface area contributed by atoms with E-state index in [1.807, 2.05) is 84.4 Å². The molecule has 8 rings (SSSR count). The van der Waals surface area contributed by atoms with Crippen LogP contribution in [0.3, 0.4) is 0 Å². The number of fused-ring (bicyclic) bond motifs is 5. The van der Waals surface area contributed by atoms with Gasteiger partial charge in [-0.25, -0.2) is 15.0 Å². The summed E-state index contributed by atoms with van der Waals surface area (Å²) in [4.78, 5) is 18.9. The Kier molecular flexibility index (Phi) is 5.61. The first kappa shape index (κ1) is 23.6. The van der Waals surface area contributed by atoms with E-state index in [0.29, 0.717) is 17.5 Å². The molecule has 0 unspecified atom stereocenters. The second kappa shape index (κ2) is 9.73. The van der Waals surface area contributed by atoms with Crippen molar-refractivity contribution >= 4 is 42.3 Å². The summed E-state index contributed by atoms with van der Waals surface area (Å²) in [5.41, 5.74) is 5.23. The molecule has 0 aliphatic carbocycles. The van der Waals surface area contributed by atoms with E-state index in [-0.39, 0.29) is 0 Å². The zero-order valence-corrected chi connectivity index (χ0v) is 22.7. The van der Waals surface area contributed by atoms with Gasteiger partial charge in [-0.1, -0.05) is 115 Å². The molecular formula is C36H22N4S. The Balaban J connectivity index is 1.23. The molecule has 0 amide bonds. The Morgan fingerprint density at radius 3 is 1.63 bits per heavy atom. The van der Waals surface area contributed by atoms with E-state index in [1.165, 1.54) is 36.5 Å². The lowest BCUT2D eigenvalue weighted by Gasteiger charge is -2.10. The Bertz CT molecular complexity index is 2130. The Morgan fingerprint density at radius 2 is 0.976 bits per heavy atom. The van der Waals surface area contributed by atoms with Crippen molar-refractivity contribution in [3.8, 4) is 45.3 Å². The maximum atomic E-state index is 4.88. The average Bonchev–Trinajstić information content (AvgIpc) is 3.45. The largest absolute Gasteiger partial charge is 0.263 e. The molecule has 192 valence electrons. The summed E-state index contributed by atoms with van der Waals surface area (Å²) in [6.07, 6.45) is 3.83. The van der Waals surface area contributed by atoms with Gasteiger partial charge in [0.15, 0.2) is 17.5 Å². The number of rotatable bonds is 4. The third-order valence-corrected chi connectivity index (χ3v) is 8.64. The standard InChI is InChI=1S/C36H22N4S/c1-3-8-24(9-4-1)34-38-35(25-10-5-2-6-11-25)40-36(39-34)26-16-14-23(15-17-26)27-12-7-13-30-28(27)18-19-31-29-20-21-37-22-32(29)41-33(30)31/h1-22H. The molecular weight excluding hydrogens is 520 g/mol. The van der Waals surface area contributed by atoms with E-state index >= 15 is 0 Å². The minimum Gasteiger partial charge on any atom is -0.263 e. The summed E-state index contributed by atoms with van der Waals surface area (Å²) in [6, 6.07) is 41.8. The first-order valence-electron chi connectivity index (χ1n) is 13.5. The van der Waals surface area contributed by atoms with Crippen LogP contribution in [0.15, 0.2) is 134 Å². The summed E-state index contributed by atoms with van der Waals surface area (Å²) >= 11 is 1.81. The van der Waals surface area contributed by atoms with Crippen molar-refractivity contribution in [2.75, 3.05) is 0 Å². The molecule has 5 aromatic carbocycles. The molecule has 8 aromatic rings. The van der Waals surface area contributed by atoms with Gasteiger partial charge in [-0.15, -0.1) is 11.3 Å². The molecule has 4 nitrogen and oxygen atoms in total. The SMILES string of the molecule is c1ccc(-c2nc(-c3ccccc3)nc(-c3ccc(-c4cccc5c4ccc4c6ccncc6sc54)cc3)n2)cc1. The van der Waals surface area contributed by atoms with Crippen molar-refractivity contribution in [3.63, 3.8) is 0 Å². The fourth-order valence-corrected chi connectivity index (χ4v) is 6.63. The third-order valence-electron chi connectivity index (χ3n) is 7.45. The lowest BCUT2D eigenvalue weighted by atomic mass is 9.96. The van der Waals surface area contributed by atoms with Crippen LogP contribution in [0, 0.1) is 0 Å². The first-order valence-corrected chi connectivity index (χ1v) is 14.3. The van der Waals surface area contributed by atoms with E-state index in [2.05, 4.69) is 65.6 Å². The van der Waals surface area contributed by atoms with E-state index in [9.17, 15) is 0 Å². The van der Waals surface area contributed by atoms with Crippen LogP contribution >= 0.6 is 11.3 Å². The van der Waals surface area contributed by atoms with Gasteiger partial charge in [0, 0.05) is 49.9 Å². The van der Waals surface area contributed by atoms with Gasteiger partial charge in [-0.2, -0.15) is 0 Å². The highest BCUT2D eigenvalue weighted by molar-refractivity contribution is 7.26. The van der Waals surface area contributed by atoms with Crippen molar-refractivity contribution in [3.05, 3.63) is 134 Å². The van der Waals surface area contributed by atoms with Crippen molar-refractivity contribution in [1.29, 1.82) is 0 Å². The van der Waals surface area contributed by atoms with Gasteiger partial charge in [-0.3, -0.25) is 4.98 Å². The maximum absolute atomic E-state index is 4.88. The lowest BCUT2D eigenvalue weighted by Crippen LogP contribution is -2.00. The number of hydrogen-bond acceptors (Lipinski definition) is 5. The lowest BCUT2D eigenvalue weighted by molar-refractivity contribution is 1.07. The van der Waals surface area contributed by atoms with Gasteiger partial charge < -0.3 is 0 Å². The fraction of sp³-hybridized carbons (Fsp3) is 0. The van der Waals surface area contributed by atoms with Crippen LogP contribution in [0.1, 0.15) is 0 Å². The molecule has 0 atom stereocenters. The zero-order valence-electron chi connectivity index (χ0n) is 21.9. The van der Waals surface area contributed by atoms with Crippen molar-refractivity contribution < 1.29 is 0 Å². The first-order chi connectivity index (χ1) is 20.3. The molecule has 5 heteroatoms. The molecule has 0 saturated heterocycles. The third kappa shape index (κ3) is 4.15. The van der Waals surface area contributed by atoms with Crippen molar-refractivity contribution in [2.24, 2.45) is 0 Å². The maximum Gasteiger partial charge on any atom is 0.164 e. The highest BCUT2D eigenvalue weighted by atomic mass is 32.1. The van der Waals surface area contributed by atoms with Gasteiger partial charge in [0.05, 0.1) is 4.70 Å². The van der Waals surface area contributed by atoms with Crippen molar-refractivity contribution in [2.45, 2.75) is 0 Å². The number of thiophene rings is 1. The van der Waals surface area contributed by atoms with Crippen LogP contribution in [-0.4, -0.2) is 19.9 Å². The number of aromatic nitrogens is 4. The highest BCUT2D eigenvalue weighted by Gasteiger charge is 2.14. The molecule has 3 aromatic heterocycles. The molecule has 3 heterocycles. The average molecular weight is 543 g/mol. The predicted molar refractivity (Wildman–Crippen MR) is 170 cm³/mol. The van der Waals surface area contributed by atoms with Crippen LogP contribution in [0.4, 0.5) is 0 Å².